The van der Waals surface area contributed by atoms with Crippen molar-refractivity contribution in [3.63, 3.8) is 0 Å². The van der Waals surface area contributed by atoms with Crippen LogP contribution in [0.5, 0.6) is 0 Å². The van der Waals surface area contributed by atoms with Gasteiger partial charge in [0.2, 0.25) is 0 Å². The van der Waals surface area contributed by atoms with Gasteiger partial charge in [-0.25, -0.2) is 0 Å². The molecule has 3 rings (SSSR count). The molecule has 0 saturated carbocycles. The summed E-state index contributed by atoms with van der Waals surface area (Å²) in [6, 6.07) is 8.57. The third kappa shape index (κ3) is 2.84. The van der Waals surface area contributed by atoms with Crippen LogP contribution in [0.3, 0.4) is 0 Å². The van der Waals surface area contributed by atoms with E-state index in [9.17, 15) is 14.9 Å². The number of nitro groups is 1. The van der Waals surface area contributed by atoms with Gasteiger partial charge in [-0.05, 0) is 18.2 Å². The Morgan fingerprint density at radius 3 is 2.57 bits per heavy atom. The number of aryl methyl sites for hydroxylation is 1. The lowest BCUT2D eigenvalue weighted by atomic mass is 9.94. The average molecular weight is 308 g/mol. The molecule has 114 valence electrons. The van der Waals surface area contributed by atoms with E-state index in [-0.39, 0.29) is 16.8 Å². The molecule has 1 aliphatic carbocycles. The van der Waals surface area contributed by atoms with Gasteiger partial charge in [0.1, 0.15) is 0 Å². The number of aromatic nitrogens is 1. The van der Waals surface area contributed by atoms with E-state index >= 15 is 0 Å². The quantitative estimate of drug-likeness (QED) is 0.627. The summed E-state index contributed by atoms with van der Waals surface area (Å²) in [4.78, 5) is 22.4. The SMILES string of the molecule is Cn1ccc(=NN=C2C=CC(=O)c3ccccc32)c([N+](=O)[O-])c1. The first-order chi connectivity index (χ1) is 11.1. The van der Waals surface area contributed by atoms with Gasteiger partial charge in [0.15, 0.2) is 11.1 Å². The van der Waals surface area contributed by atoms with Gasteiger partial charge < -0.3 is 4.57 Å². The maximum absolute atomic E-state index is 11.8. The number of rotatable bonds is 2. The molecule has 0 N–H and O–H groups in total. The highest BCUT2D eigenvalue weighted by atomic mass is 16.6. The van der Waals surface area contributed by atoms with Gasteiger partial charge in [0, 0.05) is 24.4 Å². The molecule has 1 aromatic carbocycles. The summed E-state index contributed by atoms with van der Waals surface area (Å²) in [5.41, 5.74) is 1.55. The predicted molar refractivity (Wildman–Crippen MR) is 84.1 cm³/mol. The molecule has 23 heavy (non-hydrogen) atoms. The van der Waals surface area contributed by atoms with E-state index < -0.39 is 4.92 Å². The zero-order chi connectivity index (χ0) is 16.4. The van der Waals surface area contributed by atoms with Crippen LogP contribution in [0.25, 0.3) is 0 Å². The Balaban J connectivity index is 2.12. The number of benzene rings is 1. The van der Waals surface area contributed by atoms with Crippen molar-refractivity contribution >= 4 is 17.2 Å². The second kappa shape index (κ2) is 5.80. The van der Waals surface area contributed by atoms with Gasteiger partial charge in [-0.2, -0.15) is 0 Å². The van der Waals surface area contributed by atoms with E-state index in [0.29, 0.717) is 16.8 Å². The van der Waals surface area contributed by atoms with E-state index in [1.54, 1.807) is 48.2 Å². The molecule has 0 fully saturated rings. The van der Waals surface area contributed by atoms with Crippen molar-refractivity contribution in [3.05, 3.63) is 81.5 Å². The maximum Gasteiger partial charge on any atom is 0.312 e. The van der Waals surface area contributed by atoms with E-state index in [0.717, 1.165) is 0 Å². The molecule has 0 unspecified atom stereocenters. The Hall–Kier alpha value is -3.35. The zero-order valence-corrected chi connectivity index (χ0v) is 12.2. The van der Waals surface area contributed by atoms with Gasteiger partial charge in [0.05, 0.1) is 16.8 Å². The number of nitrogens with zero attached hydrogens (tertiary/aromatic N) is 4. The maximum atomic E-state index is 11.8. The summed E-state index contributed by atoms with van der Waals surface area (Å²) in [6.07, 6.45) is 5.99. The molecule has 7 nitrogen and oxygen atoms in total. The lowest BCUT2D eigenvalue weighted by Crippen LogP contribution is -2.13. The van der Waals surface area contributed by atoms with Crippen molar-refractivity contribution in [1.29, 1.82) is 0 Å². The molecular weight excluding hydrogens is 296 g/mol. The van der Waals surface area contributed by atoms with Gasteiger partial charge in [-0.3, -0.25) is 14.9 Å². The van der Waals surface area contributed by atoms with Crippen molar-refractivity contribution in [2.24, 2.45) is 17.3 Å². The molecule has 1 aliphatic rings. The summed E-state index contributed by atoms with van der Waals surface area (Å²) in [6.45, 7) is 0. The summed E-state index contributed by atoms with van der Waals surface area (Å²) >= 11 is 0. The van der Waals surface area contributed by atoms with Crippen LogP contribution in [0.4, 0.5) is 5.69 Å². The molecule has 0 amide bonds. The molecule has 7 heteroatoms. The third-order valence-corrected chi connectivity index (χ3v) is 3.38. The number of hydrogen-bond acceptors (Lipinski definition) is 5. The Labute approximate surface area is 131 Å². The van der Waals surface area contributed by atoms with Crippen LogP contribution in [0, 0.1) is 10.1 Å². The minimum atomic E-state index is -0.507. The fourth-order valence-corrected chi connectivity index (χ4v) is 2.25. The van der Waals surface area contributed by atoms with Crippen LogP contribution in [0.2, 0.25) is 0 Å². The number of allylic oxidation sites excluding steroid dienone is 2. The highest BCUT2D eigenvalue weighted by Crippen LogP contribution is 2.17. The van der Waals surface area contributed by atoms with Gasteiger partial charge in [-0.1, -0.05) is 24.3 Å². The molecule has 0 saturated heterocycles. The first kappa shape index (κ1) is 14.6. The van der Waals surface area contributed by atoms with Crippen molar-refractivity contribution in [2.45, 2.75) is 0 Å². The first-order valence-electron chi connectivity index (χ1n) is 6.80. The Bertz CT molecular complexity index is 938. The van der Waals surface area contributed by atoms with Crippen LogP contribution >= 0.6 is 0 Å². The van der Waals surface area contributed by atoms with E-state index in [2.05, 4.69) is 10.2 Å². The summed E-state index contributed by atoms with van der Waals surface area (Å²) in [7, 11) is 1.69. The van der Waals surface area contributed by atoms with Crippen LogP contribution in [-0.4, -0.2) is 21.0 Å². The second-order valence-corrected chi connectivity index (χ2v) is 4.97. The highest BCUT2D eigenvalue weighted by molar-refractivity contribution is 6.23. The van der Waals surface area contributed by atoms with Gasteiger partial charge >= 0.3 is 5.69 Å². The van der Waals surface area contributed by atoms with Crippen LogP contribution < -0.4 is 5.36 Å². The average Bonchev–Trinajstić information content (AvgIpc) is 2.55. The number of carbonyl (C=O) groups is 1. The molecule has 2 aromatic rings. The molecule has 1 heterocycles. The largest absolute Gasteiger partial charge is 0.351 e. The fraction of sp³-hybridized carbons (Fsp3) is 0.0625. The van der Waals surface area contributed by atoms with Gasteiger partial charge in [-0.15, -0.1) is 10.2 Å². The number of carbonyl (C=O) groups excluding carboxylic acids is 1. The Kier molecular flexibility index (Phi) is 3.68. The molecule has 1 aromatic heterocycles. The second-order valence-electron chi connectivity index (χ2n) is 4.97. The highest BCUT2D eigenvalue weighted by Gasteiger charge is 2.16. The monoisotopic (exact) mass is 308 g/mol. The smallest absolute Gasteiger partial charge is 0.312 e. The lowest BCUT2D eigenvalue weighted by Gasteiger charge is -2.10. The summed E-state index contributed by atoms with van der Waals surface area (Å²) in [5, 5.41) is 19.3. The number of ketones is 1. The number of hydrogen-bond donors (Lipinski definition) is 0. The molecule has 0 spiro atoms. The Morgan fingerprint density at radius 1 is 1.09 bits per heavy atom. The molecule has 0 radical (unpaired) electrons. The number of pyridine rings is 1. The minimum absolute atomic E-state index is 0.0998. The minimum Gasteiger partial charge on any atom is -0.351 e. The predicted octanol–water partition coefficient (Wildman–Crippen LogP) is 1.99. The van der Waals surface area contributed by atoms with E-state index in [1.807, 2.05) is 0 Å². The fourth-order valence-electron chi connectivity index (χ4n) is 2.25. The summed E-state index contributed by atoms with van der Waals surface area (Å²) < 4.78 is 1.57. The third-order valence-electron chi connectivity index (χ3n) is 3.38. The van der Waals surface area contributed by atoms with Crippen LogP contribution in [-0.2, 0) is 7.05 Å². The van der Waals surface area contributed by atoms with Crippen molar-refractivity contribution in [1.82, 2.24) is 4.57 Å². The van der Waals surface area contributed by atoms with Crippen molar-refractivity contribution in [3.8, 4) is 0 Å². The molecule has 0 aliphatic heterocycles. The van der Waals surface area contributed by atoms with Crippen molar-refractivity contribution < 1.29 is 9.72 Å². The normalized spacial score (nSPS) is 15.8. The molecule has 0 bridgehead atoms. The van der Waals surface area contributed by atoms with Gasteiger partial charge in [0.25, 0.3) is 0 Å². The molecular formula is C16H12N4O3. The molecule has 0 atom stereocenters. The van der Waals surface area contributed by atoms with Crippen molar-refractivity contribution in [2.75, 3.05) is 0 Å². The first-order valence-corrected chi connectivity index (χ1v) is 6.80. The summed E-state index contributed by atoms with van der Waals surface area (Å²) in [5.74, 6) is -0.0998. The Morgan fingerprint density at radius 2 is 1.83 bits per heavy atom. The zero-order valence-electron chi connectivity index (χ0n) is 12.2. The van der Waals surface area contributed by atoms with E-state index in [1.165, 1.54) is 18.3 Å². The van der Waals surface area contributed by atoms with Crippen LogP contribution in [0.15, 0.2) is 65.1 Å². The number of fused-ring (bicyclic) bond motifs is 1. The lowest BCUT2D eigenvalue weighted by molar-refractivity contribution is -0.386. The standard InChI is InChI=1S/C16H12N4O3/c1-19-9-8-14(15(10-19)20(22)23)18-17-13-6-7-16(21)12-5-3-2-4-11(12)13/h2-10H,1H3. The van der Waals surface area contributed by atoms with E-state index in [4.69, 9.17) is 0 Å². The topological polar surface area (TPSA) is 89.9 Å². The van der Waals surface area contributed by atoms with Crippen LogP contribution in [0.1, 0.15) is 15.9 Å².